The van der Waals surface area contributed by atoms with Gasteiger partial charge in [-0.05, 0) is 11.5 Å². The van der Waals surface area contributed by atoms with Crippen molar-refractivity contribution in [1.82, 2.24) is 0 Å². The van der Waals surface area contributed by atoms with Gasteiger partial charge in [0, 0.05) is 6.42 Å². The molecule has 0 saturated heterocycles. The molecular weight excluding hydrogens is 174 g/mol. The van der Waals surface area contributed by atoms with E-state index >= 15 is 0 Å². The Morgan fingerprint density at radius 3 is 2.57 bits per heavy atom. The lowest BCUT2D eigenvalue weighted by molar-refractivity contribution is 0.0857. The highest BCUT2D eigenvalue weighted by atomic mass is 16.6. The summed E-state index contributed by atoms with van der Waals surface area (Å²) in [5.41, 5.74) is 2.38. The minimum Gasteiger partial charge on any atom is -0.387 e. The molecule has 1 aliphatic rings. The topological polar surface area (TPSA) is 21.6 Å². The van der Waals surface area contributed by atoms with Crippen LogP contribution in [-0.4, -0.2) is 5.71 Å². The summed E-state index contributed by atoms with van der Waals surface area (Å²) in [5, 5.41) is 4.11. The molecule has 0 unspecified atom stereocenters. The van der Waals surface area contributed by atoms with Crippen LogP contribution in [0.3, 0.4) is 0 Å². The zero-order valence-corrected chi connectivity index (χ0v) is 8.60. The highest BCUT2D eigenvalue weighted by Crippen LogP contribution is 2.28. The van der Waals surface area contributed by atoms with E-state index in [-0.39, 0.29) is 6.10 Å². The van der Waals surface area contributed by atoms with E-state index in [1.165, 1.54) is 11.3 Å². The van der Waals surface area contributed by atoms with Crippen molar-refractivity contribution in [2.24, 2.45) is 11.1 Å². The maximum atomic E-state index is 5.40. The number of hydrogen-bond acceptors (Lipinski definition) is 2. The van der Waals surface area contributed by atoms with Crippen molar-refractivity contribution in [3.05, 3.63) is 35.9 Å². The molecule has 74 valence electrons. The second-order valence-corrected chi connectivity index (χ2v) is 3.95. The van der Waals surface area contributed by atoms with E-state index in [1.54, 1.807) is 0 Å². The van der Waals surface area contributed by atoms with Gasteiger partial charge in [-0.3, -0.25) is 0 Å². The minimum absolute atomic E-state index is 0.133. The van der Waals surface area contributed by atoms with Gasteiger partial charge in [0.2, 0.25) is 0 Å². The molecule has 2 nitrogen and oxygen atoms in total. The average molecular weight is 189 g/mol. The maximum absolute atomic E-state index is 5.40. The van der Waals surface area contributed by atoms with Gasteiger partial charge in [0.1, 0.15) is 0 Å². The van der Waals surface area contributed by atoms with Gasteiger partial charge in [-0.15, -0.1) is 0 Å². The molecule has 0 saturated carbocycles. The van der Waals surface area contributed by atoms with Gasteiger partial charge in [-0.1, -0.05) is 49.3 Å². The monoisotopic (exact) mass is 189 g/mol. The molecule has 0 radical (unpaired) electrons. The first-order chi connectivity index (χ1) is 6.77. The highest BCUT2D eigenvalue weighted by molar-refractivity contribution is 5.87. The van der Waals surface area contributed by atoms with Gasteiger partial charge in [0.15, 0.2) is 6.10 Å². The predicted octanol–water partition coefficient (Wildman–Crippen LogP) is 3.16. The first-order valence-corrected chi connectivity index (χ1v) is 5.05. The molecule has 1 aromatic carbocycles. The maximum Gasteiger partial charge on any atom is 0.157 e. The molecule has 2 heteroatoms. The summed E-state index contributed by atoms with van der Waals surface area (Å²) in [7, 11) is 0. The third kappa shape index (κ3) is 1.79. The zero-order chi connectivity index (χ0) is 9.97. The van der Waals surface area contributed by atoms with E-state index in [2.05, 4.69) is 31.1 Å². The van der Waals surface area contributed by atoms with Gasteiger partial charge < -0.3 is 4.84 Å². The van der Waals surface area contributed by atoms with E-state index in [0.717, 1.165) is 6.42 Å². The summed E-state index contributed by atoms with van der Waals surface area (Å²) in [6.07, 6.45) is 1.07. The van der Waals surface area contributed by atoms with Crippen LogP contribution in [-0.2, 0) is 4.84 Å². The average Bonchev–Trinajstić information content (AvgIpc) is 2.68. The quantitative estimate of drug-likeness (QED) is 0.700. The number of benzene rings is 1. The SMILES string of the molecule is CC(C)C1=NO[C@@H](c2ccccc2)C1. The van der Waals surface area contributed by atoms with Crippen LogP contribution < -0.4 is 0 Å². The van der Waals surface area contributed by atoms with E-state index < -0.39 is 0 Å². The zero-order valence-electron chi connectivity index (χ0n) is 8.60. The van der Waals surface area contributed by atoms with Crippen LogP contribution in [0.25, 0.3) is 0 Å². The summed E-state index contributed by atoms with van der Waals surface area (Å²) in [6, 6.07) is 10.3. The predicted molar refractivity (Wildman–Crippen MR) is 57.2 cm³/mol. The van der Waals surface area contributed by atoms with Crippen molar-refractivity contribution in [3.63, 3.8) is 0 Å². The van der Waals surface area contributed by atoms with Crippen molar-refractivity contribution in [3.8, 4) is 0 Å². The first kappa shape index (κ1) is 9.25. The lowest BCUT2D eigenvalue weighted by atomic mass is 9.99. The van der Waals surface area contributed by atoms with Gasteiger partial charge in [-0.25, -0.2) is 0 Å². The third-order valence-corrected chi connectivity index (χ3v) is 2.53. The van der Waals surface area contributed by atoms with Crippen LogP contribution in [0.1, 0.15) is 31.9 Å². The molecule has 14 heavy (non-hydrogen) atoms. The Labute approximate surface area is 84.6 Å². The van der Waals surface area contributed by atoms with Gasteiger partial charge in [0.25, 0.3) is 0 Å². The summed E-state index contributed by atoms with van der Waals surface area (Å²) in [5.74, 6) is 0.490. The van der Waals surface area contributed by atoms with E-state index in [1.807, 2.05) is 18.2 Å². The summed E-state index contributed by atoms with van der Waals surface area (Å²) in [4.78, 5) is 5.40. The Morgan fingerprint density at radius 1 is 1.29 bits per heavy atom. The lowest BCUT2D eigenvalue weighted by Gasteiger charge is -2.07. The summed E-state index contributed by atoms with van der Waals surface area (Å²) in [6.45, 7) is 4.30. The number of rotatable bonds is 2. The van der Waals surface area contributed by atoms with Gasteiger partial charge in [-0.2, -0.15) is 0 Å². The van der Waals surface area contributed by atoms with Crippen molar-refractivity contribution in [2.45, 2.75) is 26.4 Å². The molecule has 2 rings (SSSR count). The van der Waals surface area contributed by atoms with Crippen LogP contribution in [0, 0.1) is 5.92 Å². The fraction of sp³-hybridized carbons (Fsp3) is 0.417. The Kier molecular flexibility index (Phi) is 2.53. The third-order valence-electron chi connectivity index (χ3n) is 2.53. The van der Waals surface area contributed by atoms with Gasteiger partial charge >= 0.3 is 0 Å². The molecule has 0 amide bonds. The van der Waals surface area contributed by atoms with E-state index in [4.69, 9.17) is 4.84 Å². The number of hydrogen-bond donors (Lipinski definition) is 0. The van der Waals surface area contributed by atoms with Crippen molar-refractivity contribution in [1.29, 1.82) is 0 Å². The van der Waals surface area contributed by atoms with Crippen LogP contribution in [0.5, 0.6) is 0 Å². The van der Waals surface area contributed by atoms with Crippen molar-refractivity contribution in [2.75, 3.05) is 0 Å². The number of oxime groups is 1. The highest BCUT2D eigenvalue weighted by Gasteiger charge is 2.23. The molecule has 0 spiro atoms. The molecule has 0 aliphatic carbocycles. The fourth-order valence-electron chi connectivity index (χ4n) is 1.58. The molecule has 1 aliphatic heterocycles. The second-order valence-electron chi connectivity index (χ2n) is 3.95. The Hall–Kier alpha value is -1.31. The van der Waals surface area contributed by atoms with Crippen LogP contribution >= 0.6 is 0 Å². The molecule has 0 aromatic heterocycles. The largest absolute Gasteiger partial charge is 0.387 e. The Balaban J connectivity index is 2.06. The number of nitrogens with zero attached hydrogens (tertiary/aromatic N) is 1. The molecule has 1 aromatic rings. The van der Waals surface area contributed by atoms with Crippen LogP contribution in [0.2, 0.25) is 0 Å². The first-order valence-electron chi connectivity index (χ1n) is 5.05. The molecule has 0 N–H and O–H groups in total. The van der Waals surface area contributed by atoms with Crippen LogP contribution in [0.15, 0.2) is 35.5 Å². The minimum atomic E-state index is 0.133. The fourth-order valence-corrected chi connectivity index (χ4v) is 1.58. The summed E-state index contributed by atoms with van der Waals surface area (Å²) >= 11 is 0. The van der Waals surface area contributed by atoms with Gasteiger partial charge in [0.05, 0.1) is 5.71 Å². The van der Waals surface area contributed by atoms with E-state index in [9.17, 15) is 0 Å². The molecular formula is C12H15NO. The van der Waals surface area contributed by atoms with Crippen molar-refractivity contribution < 1.29 is 4.84 Å². The van der Waals surface area contributed by atoms with Crippen LogP contribution in [0.4, 0.5) is 0 Å². The Bertz CT molecular complexity index is 329. The smallest absolute Gasteiger partial charge is 0.157 e. The molecule has 0 fully saturated rings. The van der Waals surface area contributed by atoms with E-state index in [0.29, 0.717) is 5.92 Å². The lowest BCUT2D eigenvalue weighted by Crippen LogP contribution is -2.05. The summed E-state index contributed by atoms with van der Waals surface area (Å²) < 4.78 is 0. The molecule has 1 atom stereocenters. The normalized spacial score (nSPS) is 20.8. The Morgan fingerprint density at radius 2 is 2.00 bits per heavy atom. The molecule has 1 heterocycles. The van der Waals surface area contributed by atoms with Crippen molar-refractivity contribution >= 4 is 5.71 Å². The standard InChI is InChI=1S/C12H15NO/c1-9(2)11-8-12(14-13-11)10-6-4-3-5-7-10/h3-7,9,12H,8H2,1-2H3/t12-/m1/s1. The second kappa shape index (κ2) is 3.82. The molecule has 0 bridgehead atoms.